The number of nitrogens with zero attached hydrogens (tertiary/aromatic N) is 3. The van der Waals surface area contributed by atoms with E-state index in [4.69, 9.17) is 4.52 Å². The zero-order chi connectivity index (χ0) is 6.97. The molecule has 2 heterocycles. The minimum absolute atomic E-state index is 0.569. The molecule has 0 N–H and O–H groups in total. The van der Waals surface area contributed by atoms with Crippen molar-refractivity contribution in [2.45, 2.75) is 6.92 Å². The van der Waals surface area contributed by atoms with E-state index in [-0.39, 0.29) is 0 Å². The van der Waals surface area contributed by atoms with Crippen LogP contribution in [0.3, 0.4) is 0 Å². The van der Waals surface area contributed by atoms with Gasteiger partial charge in [0.2, 0.25) is 5.65 Å². The second kappa shape index (κ2) is 1.76. The molecule has 2 aromatic heterocycles. The van der Waals surface area contributed by atoms with Crippen LogP contribution in [0.2, 0.25) is 0 Å². The maximum atomic E-state index is 4.86. The monoisotopic (exact) mass is 135 g/mol. The normalized spacial score (nSPS) is 10.5. The third kappa shape index (κ3) is 0.586. The minimum atomic E-state index is 0.569. The fourth-order valence-corrected chi connectivity index (χ4v) is 0.827. The lowest BCUT2D eigenvalue weighted by molar-refractivity contribution is 0.404. The van der Waals surface area contributed by atoms with Crippen LogP contribution >= 0.6 is 0 Å². The highest BCUT2D eigenvalue weighted by atomic mass is 16.5. The molecular formula is C6H5N3O. The maximum absolute atomic E-state index is 4.86. The van der Waals surface area contributed by atoms with Crippen molar-refractivity contribution >= 4 is 11.0 Å². The van der Waals surface area contributed by atoms with E-state index < -0.39 is 0 Å². The predicted molar refractivity (Wildman–Crippen MR) is 34.3 cm³/mol. The molecule has 0 unspecified atom stereocenters. The molecule has 10 heavy (non-hydrogen) atoms. The van der Waals surface area contributed by atoms with Crippen LogP contribution < -0.4 is 0 Å². The highest BCUT2D eigenvalue weighted by Crippen LogP contribution is 2.11. The van der Waals surface area contributed by atoms with Crippen LogP contribution in [0.5, 0.6) is 0 Å². The quantitative estimate of drug-likeness (QED) is 0.539. The second-order valence-corrected chi connectivity index (χ2v) is 2.01. The minimum Gasteiger partial charge on any atom is -0.359 e. The first-order valence-corrected chi connectivity index (χ1v) is 2.91. The van der Waals surface area contributed by atoms with Crippen molar-refractivity contribution in [2.75, 3.05) is 0 Å². The molecule has 0 spiro atoms. The van der Waals surface area contributed by atoms with Gasteiger partial charge in [0, 0.05) is 0 Å². The molecule has 50 valence electrons. The van der Waals surface area contributed by atoms with Gasteiger partial charge in [-0.25, -0.2) is 0 Å². The van der Waals surface area contributed by atoms with Crippen LogP contribution in [0, 0.1) is 6.92 Å². The Kier molecular flexibility index (Phi) is 0.943. The van der Waals surface area contributed by atoms with Gasteiger partial charge in [-0.15, -0.1) is 5.10 Å². The summed E-state index contributed by atoms with van der Waals surface area (Å²) in [5, 5.41) is 12.0. The highest BCUT2D eigenvalue weighted by molar-refractivity contribution is 5.75. The molecule has 0 aromatic carbocycles. The van der Waals surface area contributed by atoms with Crippen LogP contribution in [0.1, 0.15) is 5.76 Å². The Morgan fingerprint density at radius 1 is 1.50 bits per heavy atom. The third-order valence-corrected chi connectivity index (χ3v) is 1.35. The van der Waals surface area contributed by atoms with Crippen LogP contribution in [-0.4, -0.2) is 15.4 Å². The summed E-state index contributed by atoms with van der Waals surface area (Å²) in [4.78, 5) is 0. The lowest BCUT2D eigenvalue weighted by Crippen LogP contribution is -1.78. The average Bonchev–Trinajstić information content (AvgIpc) is 2.34. The predicted octanol–water partition coefficient (Wildman–Crippen LogP) is 0.926. The molecule has 4 nitrogen and oxygen atoms in total. The summed E-state index contributed by atoms with van der Waals surface area (Å²) in [6, 6.07) is 1.83. The van der Waals surface area contributed by atoms with E-state index in [1.54, 1.807) is 6.20 Å². The zero-order valence-corrected chi connectivity index (χ0v) is 5.40. The Morgan fingerprint density at radius 3 is 3.20 bits per heavy atom. The summed E-state index contributed by atoms with van der Waals surface area (Å²) in [6.45, 7) is 1.84. The molecule has 0 saturated heterocycles. The van der Waals surface area contributed by atoms with Gasteiger partial charge in [-0.05, 0) is 13.0 Å². The molecular weight excluding hydrogens is 130 g/mol. The maximum Gasteiger partial charge on any atom is 0.224 e. The van der Waals surface area contributed by atoms with Crippen molar-refractivity contribution in [3.63, 3.8) is 0 Å². The molecule has 0 aliphatic carbocycles. The largest absolute Gasteiger partial charge is 0.359 e. The molecule has 0 fully saturated rings. The number of hydrogen-bond donors (Lipinski definition) is 0. The van der Waals surface area contributed by atoms with Gasteiger partial charge in [-0.2, -0.15) is 5.10 Å². The van der Waals surface area contributed by atoms with Gasteiger partial charge >= 0.3 is 0 Å². The average molecular weight is 135 g/mol. The van der Waals surface area contributed by atoms with E-state index in [0.717, 1.165) is 11.1 Å². The van der Waals surface area contributed by atoms with E-state index in [2.05, 4.69) is 15.4 Å². The molecule has 0 aliphatic rings. The summed E-state index contributed by atoms with van der Waals surface area (Å²) in [6.07, 6.45) is 1.62. The first-order chi connectivity index (χ1) is 4.88. The third-order valence-electron chi connectivity index (χ3n) is 1.35. The van der Waals surface area contributed by atoms with E-state index in [9.17, 15) is 0 Å². The van der Waals surface area contributed by atoms with Crippen molar-refractivity contribution < 1.29 is 4.52 Å². The van der Waals surface area contributed by atoms with Crippen molar-refractivity contribution in [1.29, 1.82) is 0 Å². The van der Waals surface area contributed by atoms with Gasteiger partial charge in [0.15, 0.2) is 0 Å². The Bertz CT molecular complexity index is 355. The van der Waals surface area contributed by atoms with E-state index in [1.807, 2.05) is 13.0 Å². The summed E-state index contributed by atoms with van der Waals surface area (Å²) >= 11 is 0. The summed E-state index contributed by atoms with van der Waals surface area (Å²) in [5.41, 5.74) is 0.569. The van der Waals surface area contributed by atoms with Gasteiger partial charge < -0.3 is 4.52 Å². The molecule has 0 amide bonds. The first kappa shape index (κ1) is 5.34. The topological polar surface area (TPSA) is 51.8 Å². The number of hydrogen-bond acceptors (Lipinski definition) is 4. The number of rotatable bonds is 0. The molecule has 0 bridgehead atoms. The van der Waals surface area contributed by atoms with Crippen LogP contribution in [0.25, 0.3) is 11.0 Å². The summed E-state index contributed by atoms with van der Waals surface area (Å²) in [7, 11) is 0. The van der Waals surface area contributed by atoms with E-state index in [0.29, 0.717) is 5.65 Å². The fraction of sp³-hybridized carbons (Fsp3) is 0.167. The van der Waals surface area contributed by atoms with Gasteiger partial charge in [-0.1, -0.05) is 5.16 Å². The Hall–Kier alpha value is -1.45. The van der Waals surface area contributed by atoms with Crippen molar-refractivity contribution in [3.05, 3.63) is 18.0 Å². The first-order valence-electron chi connectivity index (χ1n) is 2.91. The Labute approximate surface area is 56.9 Å². The Morgan fingerprint density at radius 2 is 2.40 bits per heavy atom. The fourth-order valence-electron chi connectivity index (χ4n) is 0.827. The smallest absolute Gasteiger partial charge is 0.224 e. The lowest BCUT2D eigenvalue weighted by atomic mass is 10.3. The van der Waals surface area contributed by atoms with Gasteiger partial charge in [-0.3, -0.25) is 0 Å². The van der Waals surface area contributed by atoms with E-state index in [1.165, 1.54) is 0 Å². The van der Waals surface area contributed by atoms with Gasteiger partial charge in [0.1, 0.15) is 5.76 Å². The highest BCUT2D eigenvalue weighted by Gasteiger charge is 2.01. The van der Waals surface area contributed by atoms with Crippen LogP contribution in [0.15, 0.2) is 16.8 Å². The number of aromatic nitrogens is 3. The van der Waals surface area contributed by atoms with Gasteiger partial charge in [0.05, 0.1) is 11.6 Å². The number of aryl methyl sites for hydroxylation is 1. The molecule has 4 heteroatoms. The number of fused-ring (bicyclic) bond motifs is 1. The second-order valence-electron chi connectivity index (χ2n) is 2.01. The molecule has 2 rings (SSSR count). The summed E-state index contributed by atoms with van der Waals surface area (Å²) < 4.78 is 4.86. The van der Waals surface area contributed by atoms with Gasteiger partial charge in [0.25, 0.3) is 0 Å². The van der Waals surface area contributed by atoms with Crippen molar-refractivity contribution in [2.24, 2.45) is 0 Å². The SMILES string of the molecule is Cc1onc2nnccc12. The zero-order valence-electron chi connectivity index (χ0n) is 5.40. The Balaban J connectivity index is 2.93. The summed E-state index contributed by atoms with van der Waals surface area (Å²) in [5.74, 6) is 0.782. The molecule has 0 saturated carbocycles. The molecule has 2 aromatic rings. The molecule has 0 radical (unpaired) electrons. The molecule has 0 aliphatic heterocycles. The van der Waals surface area contributed by atoms with E-state index >= 15 is 0 Å². The lowest BCUT2D eigenvalue weighted by Gasteiger charge is -1.80. The molecule has 0 atom stereocenters. The van der Waals surface area contributed by atoms with Crippen LogP contribution in [0.4, 0.5) is 0 Å². The van der Waals surface area contributed by atoms with Crippen LogP contribution in [-0.2, 0) is 0 Å². The van der Waals surface area contributed by atoms with Crippen molar-refractivity contribution in [3.8, 4) is 0 Å². The standard InChI is InChI=1S/C6H5N3O/c1-4-5-2-3-7-8-6(5)9-10-4/h2-3H,1H3. The van der Waals surface area contributed by atoms with Crippen molar-refractivity contribution in [1.82, 2.24) is 15.4 Å².